The standard InChI is InChI=1S/C9H14N2O/c1-3-10-7-8-5-4-6-9(11-8)12-2/h4-6,10H,3,7H2,1-2H3. The number of ether oxygens (including phenoxy) is 1. The third-order valence-corrected chi connectivity index (χ3v) is 1.55. The van der Waals surface area contributed by atoms with E-state index in [9.17, 15) is 0 Å². The van der Waals surface area contributed by atoms with Gasteiger partial charge in [-0.1, -0.05) is 13.0 Å². The van der Waals surface area contributed by atoms with Crippen LogP contribution in [-0.4, -0.2) is 18.6 Å². The van der Waals surface area contributed by atoms with Crippen LogP contribution in [0.4, 0.5) is 0 Å². The van der Waals surface area contributed by atoms with Crippen molar-refractivity contribution in [1.82, 2.24) is 10.3 Å². The number of methoxy groups -OCH3 is 1. The zero-order chi connectivity index (χ0) is 8.81. The topological polar surface area (TPSA) is 34.1 Å². The molecule has 1 aromatic rings. The zero-order valence-electron chi connectivity index (χ0n) is 7.50. The van der Waals surface area contributed by atoms with E-state index in [-0.39, 0.29) is 0 Å². The summed E-state index contributed by atoms with van der Waals surface area (Å²) in [5.41, 5.74) is 1.01. The van der Waals surface area contributed by atoms with Gasteiger partial charge in [0.2, 0.25) is 5.88 Å². The number of aromatic nitrogens is 1. The number of hydrogen-bond acceptors (Lipinski definition) is 3. The van der Waals surface area contributed by atoms with E-state index >= 15 is 0 Å². The van der Waals surface area contributed by atoms with Crippen molar-refractivity contribution < 1.29 is 4.74 Å². The SMILES string of the molecule is CCNCc1cccc(OC)n1. The molecule has 1 aromatic heterocycles. The van der Waals surface area contributed by atoms with Crippen LogP contribution in [0.15, 0.2) is 18.2 Å². The Morgan fingerprint density at radius 3 is 3.00 bits per heavy atom. The molecule has 0 aliphatic rings. The number of nitrogens with zero attached hydrogens (tertiary/aromatic N) is 1. The van der Waals surface area contributed by atoms with Crippen molar-refractivity contribution in [3.8, 4) is 5.88 Å². The molecule has 66 valence electrons. The molecule has 0 aliphatic carbocycles. The predicted octanol–water partition coefficient (Wildman–Crippen LogP) is 1.20. The predicted molar refractivity (Wildman–Crippen MR) is 48.2 cm³/mol. The largest absolute Gasteiger partial charge is 0.481 e. The highest BCUT2D eigenvalue weighted by Crippen LogP contribution is 2.05. The quantitative estimate of drug-likeness (QED) is 0.729. The van der Waals surface area contributed by atoms with Crippen LogP contribution in [0.5, 0.6) is 5.88 Å². The van der Waals surface area contributed by atoms with Crippen LogP contribution in [0.3, 0.4) is 0 Å². The summed E-state index contributed by atoms with van der Waals surface area (Å²) in [7, 11) is 1.62. The van der Waals surface area contributed by atoms with Gasteiger partial charge >= 0.3 is 0 Å². The molecule has 0 amide bonds. The molecule has 0 fully saturated rings. The lowest BCUT2D eigenvalue weighted by atomic mass is 10.3. The molecule has 0 unspecified atom stereocenters. The number of pyridine rings is 1. The van der Waals surface area contributed by atoms with Crippen LogP contribution >= 0.6 is 0 Å². The number of nitrogens with one attached hydrogen (secondary N) is 1. The van der Waals surface area contributed by atoms with Crippen molar-refractivity contribution in [2.45, 2.75) is 13.5 Å². The Morgan fingerprint density at radius 1 is 1.50 bits per heavy atom. The molecule has 0 radical (unpaired) electrons. The molecule has 0 spiro atoms. The third kappa shape index (κ3) is 2.51. The molecule has 1 N–H and O–H groups in total. The van der Waals surface area contributed by atoms with Gasteiger partial charge in [-0.3, -0.25) is 0 Å². The lowest BCUT2D eigenvalue weighted by molar-refractivity contribution is 0.395. The van der Waals surface area contributed by atoms with E-state index in [1.54, 1.807) is 7.11 Å². The average Bonchev–Trinajstić information content (AvgIpc) is 2.15. The van der Waals surface area contributed by atoms with E-state index in [0.717, 1.165) is 18.8 Å². The Hall–Kier alpha value is -1.09. The van der Waals surface area contributed by atoms with E-state index in [0.29, 0.717) is 5.88 Å². The molecule has 1 rings (SSSR count). The second-order valence-electron chi connectivity index (χ2n) is 2.45. The summed E-state index contributed by atoms with van der Waals surface area (Å²) in [5.74, 6) is 0.672. The highest BCUT2D eigenvalue weighted by Gasteiger charge is 1.95. The second kappa shape index (κ2) is 4.72. The van der Waals surface area contributed by atoms with Crippen molar-refractivity contribution in [2.75, 3.05) is 13.7 Å². The number of rotatable bonds is 4. The summed E-state index contributed by atoms with van der Waals surface area (Å²) in [6, 6.07) is 5.76. The molecular formula is C9H14N2O. The van der Waals surface area contributed by atoms with Gasteiger partial charge < -0.3 is 10.1 Å². The Morgan fingerprint density at radius 2 is 2.33 bits per heavy atom. The molecule has 1 heterocycles. The van der Waals surface area contributed by atoms with Gasteiger partial charge in [-0.2, -0.15) is 0 Å². The van der Waals surface area contributed by atoms with Gasteiger partial charge in [-0.05, 0) is 12.6 Å². The first-order valence-electron chi connectivity index (χ1n) is 4.07. The first-order chi connectivity index (χ1) is 5.86. The monoisotopic (exact) mass is 166 g/mol. The van der Waals surface area contributed by atoms with Crippen LogP contribution in [0.2, 0.25) is 0 Å². The number of hydrogen-bond donors (Lipinski definition) is 1. The molecular weight excluding hydrogens is 152 g/mol. The fourth-order valence-electron chi connectivity index (χ4n) is 0.923. The maximum Gasteiger partial charge on any atom is 0.213 e. The Labute approximate surface area is 72.8 Å². The summed E-state index contributed by atoms with van der Waals surface area (Å²) >= 11 is 0. The lowest BCUT2D eigenvalue weighted by Crippen LogP contribution is -2.12. The zero-order valence-corrected chi connectivity index (χ0v) is 7.50. The minimum Gasteiger partial charge on any atom is -0.481 e. The normalized spacial score (nSPS) is 9.83. The van der Waals surface area contributed by atoms with Gasteiger partial charge in [0.15, 0.2) is 0 Å². The van der Waals surface area contributed by atoms with Gasteiger partial charge in [0.05, 0.1) is 12.8 Å². The van der Waals surface area contributed by atoms with Crippen LogP contribution in [-0.2, 0) is 6.54 Å². The van der Waals surface area contributed by atoms with Gasteiger partial charge in [-0.25, -0.2) is 4.98 Å². The second-order valence-corrected chi connectivity index (χ2v) is 2.45. The summed E-state index contributed by atoms with van der Waals surface area (Å²) in [5, 5.41) is 3.20. The minimum absolute atomic E-state index is 0.672. The maximum absolute atomic E-state index is 5.00. The maximum atomic E-state index is 5.00. The van der Waals surface area contributed by atoms with Gasteiger partial charge in [-0.15, -0.1) is 0 Å². The van der Waals surface area contributed by atoms with Crippen molar-refractivity contribution >= 4 is 0 Å². The Balaban J connectivity index is 2.60. The van der Waals surface area contributed by atoms with Gasteiger partial charge in [0, 0.05) is 12.6 Å². The average molecular weight is 166 g/mol. The van der Waals surface area contributed by atoms with Gasteiger partial charge in [0.1, 0.15) is 0 Å². The fraction of sp³-hybridized carbons (Fsp3) is 0.444. The fourth-order valence-corrected chi connectivity index (χ4v) is 0.923. The molecule has 12 heavy (non-hydrogen) atoms. The van der Waals surface area contributed by atoms with Crippen LogP contribution < -0.4 is 10.1 Å². The molecule has 0 aromatic carbocycles. The van der Waals surface area contributed by atoms with Crippen LogP contribution in [0, 0.1) is 0 Å². The molecule has 0 aliphatic heterocycles. The smallest absolute Gasteiger partial charge is 0.213 e. The first kappa shape index (κ1) is 9.00. The summed E-state index contributed by atoms with van der Waals surface area (Å²) in [4.78, 5) is 4.24. The van der Waals surface area contributed by atoms with Crippen molar-refractivity contribution in [2.24, 2.45) is 0 Å². The lowest BCUT2D eigenvalue weighted by Gasteiger charge is -2.02. The minimum atomic E-state index is 0.672. The highest BCUT2D eigenvalue weighted by molar-refractivity contribution is 5.15. The van der Waals surface area contributed by atoms with Crippen molar-refractivity contribution in [1.29, 1.82) is 0 Å². The molecule has 0 atom stereocenters. The van der Waals surface area contributed by atoms with E-state index in [4.69, 9.17) is 4.74 Å². The van der Waals surface area contributed by atoms with E-state index < -0.39 is 0 Å². The summed E-state index contributed by atoms with van der Waals surface area (Å²) in [6.07, 6.45) is 0. The molecule has 0 bridgehead atoms. The Kier molecular flexibility index (Phi) is 3.54. The molecule has 3 heteroatoms. The summed E-state index contributed by atoms with van der Waals surface area (Å²) in [6.45, 7) is 3.83. The van der Waals surface area contributed by atoms with Crippen LogP contribution in [0.25, 0.3) is 0 Å². The van der Waals surface area contributed by atoms with Crippen LogP contribution in [0.1, 0.15) is 12.6 Å². The van der Waals surface area contributed by atoms with Crippen molar-refractivity contribution in [3.05, 3.63) is 23.9 Å². The van der Waals surface area contributed by atoms with E-state index in [2.05, 4.69) is 17.2 Å². The molecule has 3 nitrogen and oxygen atoms in total. The molecule has 0 saturated carbocycles. The third-order valence-electron chi connectivity index (χ3n) is 1.55. The first-order valence-corrected chi connectivity index (χ1v) is 4.07. The van der Waals surface area contributed by atoms with E-state index in [1.165, 1.54) is 0 Å². The molecule has 0 saturated heterocycles. The highest BCUT2D eigenvalue weighted by atomic mass is 16.5. The summed E-state index contributed by atoms with van der Waals surface area (Å²) < 4.78 is 5.00. The Bertz CT molecular complexity index is 238. The van der Waals surface area contributed by atoms with E-state index in [1.807, 2.05) is 18.2 Å². The van der Waals surface area contributed by atoms with Gasteiger partial charge in [0.25, 0.3) is 0 Å². The van der Waals surface area contributed by atoms with Crippen molar-refractivity contribution in [3.63, 3.8) is 0 Å².